The smallest absolute Gasteiger partial charge is 0.196 e. The predicted octanol–water partition coefficient (Wildman–Crippen LogP) is 4.62. The lowest BCUT2D eigenvalue weighted by molar-refractivity contribution is 0.383. The fourth-order valence-corrected chi connectivity index (χ4v) is 5.76. The second-order valence-corrected chi connectivity index (χ2v) is 9.79. The first-order valence-electron chi connectivity index (χ1n) is 6.96. The van der Waals surface area contributed by atoms with Crippen molar-refractivity contribution >= 4 is 8.32 Å². The van der Waals surface area contributed by atoms with E-state index in [1.165, 1.54) is 18.9 Å². The topological polar surface area (TPSA) is 9.23 Å². The average Bonchev–Trinajstić information content (AvgIpc) is 2.47. The summed E-state index contributed by atoms with van der Waals surface area (Å²) >= 11 is 0. The summed E-state index contributed by atoms with van der Waals surface area (Å²) < 4.78 is 5.98. The summed E-state index contributed by atoms with van der Waals surface area (Å²) in [5, 5.41) is 0. The highest BCUT2D eigenvalue weighted by Crippen LogP contribution is 2.36. The monoisotopic (exact) mass is 260 g/mol. The van der Waals surface area contributed by atoms with Crippen molar-refractivity contribution in [1.82, 2.24) is 0 Å². The third-order valence-electron chi connectivity index (χ3n) is 4.31. The zero-order chi connectivity index (χ0) is 12.8. The maximum atomic E-state index is 5.98. The van der Waals surface area contributed by atoms with E-state index in [1.807, 2.05) is 7.11 Å². The number of allylic oxidation sites excluding steroid dienone is 8. The Morgan fingerprint density at radius 1 is 1.06 bits per heavy atom. The predicted molar refractivity (Wildman–Crippen MR) is 81.1 cm³/mol. The van der Waals surface area contributed by atoms with E-state index in [9.17, 15) is 0 Å². The highest BCUT2D eigenvalue weighted by molar-refractivity contribution is 6.74. The minimum absolute atomic E-state index is 0.649. The van der Waals surface area contributed by atoms with E-state index in [4.69, 9.17) is 4.43 Å². The highest BCUT2D eigenvalue weighted by Gasteiger charge is 2.36. The molecule has 0 heterocycles. The molecule has 0 aromatic rings. The van der Waals surface area contributed by atoms with Crippen LogP contribution in [0.15, 0.2) is 48.6 Å². The van der Waals surface area contributed by atoms with Crippen molar-refractivity contribution in [3.05, 3.63) is 48.6 Å². The normalized spacial score (nSPS) is 29.4. The van der Waals surface area contributed by atoms with E-state index in [1.54, 1.807) is 0 Å². The molecule has 18 heavy (non-hydrogen) atoms. The molecule has 2 rings (SSSR count). The molecule has 0 aliphatic heterocycles. The fraction of sp³-hybridized carbons (Fsp3) is 0.500. The second kappa shape index (κ2) is 6.35. The molecule has 0 N–H and O–H groups in total. The molecule has 2 aliphatic carbocycles. The molecule has 0 aromatic carbocycles. The molecule has 0 radical (unpaired) electrons. The van der Waals surface area contributed by atoms with Crippen LogP contribution in [0.2, 0.25) is 18.1 Å². The molecule has 2 aliphatic rings. The Bertz CT molecular complexity index is 381. The third-order valence-corrected chi connectivity index (χ3v) is 8.52. The van der Waals surface area contributed by atoms with Gasteiger partial charge in [-0.15, -0.1) is 0 Å². The standard InChI is InChI=1S/C16H24OSi/c1-17-18(2,16-11-7-4-8-12-16)14-13-15-9-5-3-6-10-15/h3-9,11,15-16H,10,12-14H2,1-2H3. The third kappa shape index (κ3) is 3.33. The van der Waals surface area contributed by atoms with Crippen LogP contribution >= 0.6 is 0 Å². The highest BCUT2D eigenvalue weighted by atomic mass is 28.4. The number of hydrogen-bond donors (Lipinski definition) is 0. The maximum Gasteiger partial charge on any atom is 0.196 e. The van der Waals surface area contributed by atoms with Crippen LogP contribution in [0.3, 0.4) is 0 Å². The van der Waals surface area contributed by atoms with Gasteiger partial charge in [-0.25, -0.2) is 0 Å². The molecular formula is C16H24OSi. The van der Waals surface area contributed by atoms with Crippen molar-refractivity contribution < 1.29 is 4.43 Å². The molecule has 0 spiro atoms. The first kappa shape index (κ1) is 13.6. The lowest BCUT2D eigenvalue weighted by Gasteiger charge is -2.33. The molecule has 0 fully saturated rings. The van der Waals surface area contributed by atoms with Gasteiger partial charge in [-0.1, -0.05) is 48.6 Å². The minimum atomic E-state index is -1.60. The van der Waals surface area contributed by atoms with Gasteiger partial charge >= 0.3 is 0 Å². The molecule has 1 nitrogen and oxygen atoms in total. The summed E-state index contributed by atoms with van der Waals surface area (Å²) in [5.74, 6) is 0.722. The van der Waals surface area contributed by atoms with E-state index >= 15 is 0 Å². The molecule has 0 amide bonds. The number of hydrogen-bond acceptors (Lipinski definition) is 1. The lowest BCUT2D eigenvalue weighted by Crippen LogP contribution is -2.38. The van der Waals surface area contributed by atoms with Crippen LogP contribution in [0.25, 0.3) is 0 Å². The van der Waals surface area contributed by atoms with Gasteiger partial charge in [0.25, 0.3) is 0 Å². The van der Waals surface area contributed by atoms with Crippen LogP contribution in [-0.2, 0) is 4.43 Å². The van der Waals surface area contributed by atoms with Crippen molar-refractivity contribution in [2.24, 2.45) is 5.92 Å². The van der Waals surface area contributed by atoms with Crippen LogP contribution in [0.4, 0.5) is 0 Å². The van der Waals surface area contributed by atoms with Gasteiger partial charge in [0.1, 0.15) is 0 Å². The van der Waals surface area contributed by atoms with E-state index in [-0.39, 0.29) is 0 Å². The van der Waals surface area contributed by atoms with Gasteiger partial charge in [-0.3, -0.25) is 0 Å². The molecule has 98 valence electrons. The number of rotatable bonds is 5. The first-order valence-corrected chi connectivity index (χ1v) is 9.66. The Morgan fingerprint density at radius 2 is 1.78 bits per heavy atom. The Labute approximate surface area is 112 Å². The summed E-state index contributed by atoms with van der Waals surface area (Å²) in [5.41, 5.74) is 0.649. The van der Waals surface area contributed by atoms with Gasteiger partial charge in [-0.05, 0) is 43.3 Å². The molecule has 0 saturated heterocycles. The quantitative estimate of drug-likeness (QED) is 0.656. The van der Waals surface area contributed by atoms with E-state index < -0.39 is 8.32 Å². The summed E-state index contributed by atoms with van der Waals surface area (Å²) in [6.07, 6.45) is 21.5. The summed E-state index contributed by atoms with van der Waals surface area (Å²) in [4.78, 5) is 0. The van der Waals surface area contributed by atoms with Crippen molar-refractivity contribution in [2.75, 3.05) is 7.11 Å². The van der Waals surface area contributed by atoms with E-state index in [2.05, 4.69) is 55.2 Å². The Morgan fingerprint density at radius 3 is 2.33 bits per heavy atom. The Hall–Kier alpha value is -0.863. The van der Waals surface area contributed by atoms with Crippen molar-refractivity contribution in [3.63, 3.8) is 0 Å². The van der Waals surface area contributed by atoms with Crippen LogP contribution < -0.4 is 0 Å². The van der Waals surface area contributed by atoms with Crippen LogP contribution in [0, 0.1) is 5.92 Å². The molecule has 0 aromatic heterocycles. The van der Waals surface area contributed by atoms with Gasteiger partial charge in [0.05, 0.1) is 0 Å². The van der Waals surface area contributed by atoms with Crippen molar-refractivity contribution in [2.45, 2.75) is 37.4 Å². The largest absolute Gasteiger partial charge is 0.420 e. The zero-order valence-electron chi connectivity index (χ0n) is 11.5. The molecule has 0 bridgehead atoms. The van der Waals surface area contributed by atoms with Crippen LogP contribution in [0.1, 0.15) is 19.3 Å². The lowest BCUT2D eigenvalue weighted by atomic mass is 9.98. The molecule has 3 unspecified atom stereocenters. The molecular weight excluding hydrogens is 236 g/mol. The Balaban J connectivity index is 1.91. The van der Waals surface area contributed by atoms with Gasteiger partial charge in [-0.2, -0.15) is 0 Å². The average molecular weight is 260 g/mol. The van der Waals surface area contributed by atoms with Gasteiger partial charge in [0, 0.05) is 7.11 Å². The first-order chi connectivity index (χ1) is 8.74. The Kier molecular flexibility index (Phi) is 4.78. The fourth-order valence-electron chi connectivity index (χ4n) is 2.79. The van der Waals surface area contributed by atoms with Crippen molar-refractivity contribution in [3.8, 4) is 0 Å². The molecule has 2 heteroatoms. The van der Waals surface area contributed by atoms with Gasteiger partial charge in [0.2, 0.25) is 0 Å². The minimum Gasteiger partial charge on any atom is -0.420 e. The SMILES string of the molecule is CO[Si](C)(CCC1C=CC=CC1)C1C=CC=CC1. The van der Waals surface area contributed by atoms with Crippen molar-refractivity contribution in [1.29, 1.82) is 0 Å². The van der Waals surface area contributed by atoms with Gasteiger partial charge < -0.3 is 4.43 Å². The second-order valence-electron chi connectivity index (χ2n) is 5.52. The van der Waals surface area contributed by atoms with E-state index in [0.29, 0.717) is 5.54 Å². The summed E-state index contributed by atoms with van der Waals surface area (Å²) in [6, 6.07) is 1.26. The van der Waals surface area contributed by atoms with Crippen LogP contribution in [-0.4, -0.2) is 15.4 Å². The zero-order valence-corrected chi connectivity index (χ0v) is 12.5. The summed E-state index contributed by atoms with van der Waals surface area (Å²) in [6.45, 7) is 2.39. The maximum absolute atomic E-state index is 5.98. The molecule has 3 atom stereocenters. The van der Waals surface area contributed by atoms with Crippen LogP contribution in [0.5, 0.6) is 0 Å². The summed E-state index contributed by atoms with van der Waals surface area (Å²) in [7, 11) is 0.309. The molecule has 0 saturated carbocycles. The van der Waals surface area contributed by atoms with Gasteiger partial charge in [0.15, 0.2) is 8.32 Å². The van der Waals surface area contributed by atoms with E-state index in [0.717, 1.165) is 12.3 Å².